The lowest BCUT2D eigenvalue weighted by molar-refractivity contribution is 0.107. The Morgan fingerprint density at radius 2 is 1.89 bits per heavy atom. The molecule has 1 heterocycles. The van der Waals surface area contributed by atoms with Crippen LogP contribution in [0.25, 0.3) is 0 Å². The van der Waals surface area contributed by atoms with Crippen LogP contribution in [-0.2, 0) is 16.4 Å². The van der Waals surface area contributed by atoms with E-state index in [0.29, 0.717) is 17.5 Å². The summed E-state index contributed by atoms with van der Waals surface area (Å²) in [5.41, 5.74) is 1.79. The van der Waals surface area contributed by atoms with Gasteiger partial charge >= 0.3 is 0 Å². The molecule has 2 N–H and O–H groups in total. The van der Waals surface area contributed by atoms with Gasteiger partial charge in [-0.2, -0.15) is 0 Å². The fraction of sp³-hybridized carbons (Fsp3) is 0.650. The molecule has 1 fully saturated rings. The average Bonchev–Trinajstić information content (AvgIpc) is 2.67. The van der Waals surface area contributed by atoms with Gasteiger partial charge in [0.1, 0.15) is 0 Å². The SMILES string of the molecule is CCN1CCN(C(C)CNC(=NC)NCc2ccc(S(C)(=O)=O)c(C)c2)CC1. The zero-order chi connectivity index (χ0) is 20.7. The van der Waals surface area contributed by atoms with Crippen LogP contribution < -0.4 is 10.6 Å². The van der Waals surface area contributed by atoms with Crippen LogP contribution in [0.4, 0.5) is 0 Å². The minimum absolute atomic E-state index is 0.385. The van der Waals surface area contributed by atoms with Crippen LogP contribution in [0.2, 0.25) is 0 Å². The van der Waals surface area contributed by atoms with Crippen LogP contribution in [0, 0.1) is 6.92 Å². The molecule has 0 aliphatic carbocycles. The van der Waals surface area contributed by atoms with E-state index in [-0.39, 0.29) is 0 Å². The van der Waals surface area contributed by atoms with E-state index >= 15 is 0 Å². The Morgan fingerprint density at radius 3 is 2.43 bits per heavy atom. The number of aryl methyl sites for hydroxylation is 1. The quantitative estimate of drug-likeness (QED) is 0.519. The lowest BCUT2D eigenvalue weighted by atomic mass is 10.1. The normalized spacial score (nSPS) is 18.1. The van der Waals surface area contributed by atoms with Gasteiger partial charge in [0.05, 0.1) is 4.90 Å². The number of sulfone groups is 1. The first kappa shape index (κ1) is 22.6. The number of nitrogens with one attached hydrogen (secondary N) is 2. The summed E-state index contributed by atoms with van der Waals surface area (Å²) in [6.45, 7) is 13.3. The zero-order valence-corrected chi connectivity index (χ0v) is 18.6. The van der Waals surface area contributed by atoms with Gasteiger partial charge < -0.3 is 15.5 Å². The summed E-state index contributed by atoms with van der Waals surface area (Å²) >= 11 is 0. The topological polar surface area (TPSA) is 77.0 Å². The van der Waals surface area contributed by atoms with E-state index in [1.165, 1.54) is 6.26 Å². The Labute approximate surface area is 170 Å². The maximum Gasteiger partial charge on any atom is 0.191 e. The molecule has 1 unspecified atom stereocenters. The molecule has 1 saturated heterocycles. The van der Waals surface area contributed by atoms with Crippen LogP contribution in [0.1, 0.15) is 25.0 Å². The number of likely N-dealkylation sites (N-methyl/N-ethyl adjacent to an activating group) is 1. The molecule has 1 aliphatic heterocycles. The first-order chi connectivity index (χ1) is 13.2. The molecular weight excluding hydrogens is 374 g/mol. The van der Waals surface area contributed by atoms with Crippen LogP contribution in [0.15, 0.2) is 28.1 Å². The largest absolute Gasteiger partial charge is 0.355 e. The second kappa shape index (κ2) is 10.2. The van der Waals surface area contributed by atoms with Gasteiger partial charge in [-0.1, -0.05) is 19.1 Å². The van der Waals surface area contributed by atoms with Crippen molar-refractivity contribution in [3.63, 3.8) is 0 Å². The number of piperazine rings is 1. The van der Waals surface area contributed by atoms with Crippen molar-refractivity contribution < 1.29 is 8.42 Å². The molecular formula is C20H35N5O2S. The lowest BCUT2D eigenvalue weighted by Gasteiger charge is -2.37. The third kappa shape index (κ3) is 6.46. The number of hydrogen-bond acceptors (Lipinski definition) is 5. The third-order valence-corrected chi connectivity index (χ3v) is 6.62. The van der Waals surface area contributed by atoms with E-state index in [1.54, 1.807) is 13.1 Å². The van der Waals surface area contributed by atoms with Crippen molar-refractivity contribution in [2.45, 2.75) is 38.3 Å². The summed E-state index contributed by atoms with van der Waals surface area (Å²) in [7, 11) is -1.42. The summed E-state index contributed by atoms with van der Waals surface area (Å²) in [4.78, 5) is 9.68. The third-order valence-electron chi connectivity index (χ3n) is 5.36. The van der Waals surface area contributed by atoms with Crippen molar-refractivity contribution in [2.24, 2.45) is 4.99 Å². The van der Waals surface area contributed by atoms with Crippen molar-refractivity contribution in [1.82, 2.24) is 20.4 Å². The molecule has 8 heteroatoms. The summed E-state index contributed by atoms with van der Waals surface area (Å²) in [5, 5.41) is 6.71. The van der Waals surface area contributed by atoms with E-state index in [2.05, 4.69) is 39.3 Å². The molecule has 0 spiro atoms. The Bertz CT molecular complexity index is 771. The number of benzene rings is 1. The van der Waals surface area contributed by atoms with Crippen molar-refractivity contribution in [1.29, 1.82) is 0 Å². The number of nitrogens with zero attached hydrogens (tertiary/aromatic N) is 3. The monoisotopic (exact) mass is 409 g/mol. The number of hydrogen-bond donors (Lipinski definition) is 2. The maximum absolute atomic E-state index is 11.7. The summed E-state index contributed by atoms with van der Waals surface area (Å²) in [6, 6.07) is 5.87. The Balaban J connectivity index is 1.82. The van der Waals surface area contributed by atoms with Crippen molar-refractivity contribution in [3.8, 4) is 0 Å². The summed E-state index contributed by atoms with van der Waals surface area (Å²) in [5.74, 6) is 0.754. The fourth-order valence-electron chi connectivity index (χ4n) is 3.54. The molecule has 1 aromatic carbocycles. The molecule has 0 radical (unpaired) electrons. The molecule has 28 heavy (non-hydrogen) atoms. The summed E-state index contributed by atoms with van der Waals surface area (Å²) in [6.07, 6.45) is 1.24. The molecule has 0 bridgehead atoms. The molecule has 158 valence electrons. The van der Waals surface area contributed by atoms with Gasteiger partial charge in [-0.25, -0.2) is 8.42 Å². The average molecular weight is 410 g/mol. The molecule has 7 nitrogen and oxygen atoms in total. The smallest absolute Gasteiger partial charge is 0.191 e. The van der Waals surface area contributed by atoms with E-state index in [0.717, 1.165) is 56.4 Å². The Kier molecular flexibility index (Phi) is 8.27. The van der Waals surface area contributed by atoms with E-state index in [4.69, 9.17) is 0 Å². The Hall–Kier alpha value is -1.64. The Morgan fingerprint density at radius 1 is 1.21 bits per heavy atom. The molecule has 1 atom stereocenters. The van der Waals surface area contributed by atoms with Crippen molar-refractivity contribution >= 4 is 15.8 Å². The van der Waals surface area contributed by atoms with E-state index in [9.17, 15) is 8.42 Å². The minimum atomic E-state index is -3.18. The van der Waals surface area contributed by atoms with Crippen molar-refractivity contribution in [2.75, 3.05) is 52.6 Å². The highest BCUT2D eigenvalue weighted by Crippen LogP contribution is 2.16. The van der Waals surface area contributed by atoms with Crippen LogP contribution in [0.3, 0.4) is 0 Å². The summed E-state index contributed by atoms with van der Waals surface area (Å²) < 4.78 is 23.5. The van der Waals surface area contributed by atoms with Gasteiger partial charge in [0.2, 0.25) is 0 Å². The highest BCUT2D eigenvalue weighted by Gasteiger charge is 2.20. The fourth-order valence-corrected chi connectivity index (χ4v) is 4.50. The van der Waals surface area contributed by atoms with Crippen LogP contribution in [-0.4, -0.2) is 82.8 Å². The molecule has 0 saturated carbocycles. The van der Waals surface area contributed by atoms with Gasteiger partial charge in [-0.15, -0.1) is 0 Å². The first-order valence-corrected chi connectivity index (χ1v) is 11.8. The van der Waals surface area contributed by atoms with Crippen molar-refractivity contribution in [3.05, 3.63) is 29.3 Å². The van der Waals surface area contributed by atoms with Gasteiger partial charge in [0.15, 0.2) is 15.8 Å². The van der Waals surface area contributed by atoms with Crippen LogP contribution >= 0.6 is 0 Å². The number of guanidine groups is 1. The standard InChI is InChI=1S/C20H35N5O2S/c1-6-24-9-11-25(12-10-24)17(3)14-22-20(21-4)23-15-18-7-8-19(16(2)13-18)28(5,26)27/h7-8,13,17H,6,9-12,14-15H2,1-5H3,(H2,21,22,23). The lowest BCUT2D eigenvalue weighted by Crippen LogP contribution is -2.53. The predicted molar refractivity (Wildman–Crippen MR) is 116 cm³/mol. The first-order valence-electron chi connectivity index (χ1n) is 9.95. The second-order valence-electron chi connectivity index (χ2n) is 7.50. The molecule has 0 aromatic heterocycles. The van der Waals surface area contributed by atoms with Gasteiger partial charge in [-0.05, 0) is 37.6 Å². The molecule has 1 aromatic rings. The van der Waals surface area contributed by atoms with E-state index in [1.807, 2.05) is 19.1 Å². The van der Waals surface area contributed by atoms with Crippen LogP contribution in [0.5, 0.6) is 0 Å². The predicted octanol–water partition coefficient (Wildman–Crippen LogP) is 1.09. The highest BCUT2D eigenvalue weighted by atomic mass is 32.2. The highest BCUT2D eigenvalue weighted by molar-refractivity contribution is 7.90. The van der Waals surface area contributed by atoms with E-state index < -0.39 is 9.84 Å². The maximum atomic E-state index is 11.7. The van der Waals surface area contributed by atoms with Gasteiger partial charge in [-0.3, -0.25) is 9.89 Å². The molecule has 0 amide bonds. The second-order valence-corrected chi connectivity index (χ2v) is 9.48. The zero-order valence-electron chi connectivity index (χ0n) is 17.8. The molecule has 2 rings (SSSR count). The van der Waals surface area contributed by atoms with Gasteiger partial charge in [0.25, 0.3) is 0 Å². The number of aliphatic imine (C=N–C) groups is 1. The molecule has 1 aliphatic rings. The van der Waals surface area contributed by atoms with Gasteiger partial charge in [0, 0.05) is 58.6 Å². The minimum Gasteiger partial charge on any atom is -0.355 e. The number of rotatable bonds is 7.